The fraction of sp³-hybridized carbons (Fsp3) is 0.182. The summed E-state index contributed by atoms with van der Waals surface area (Å²) >= 11 is 2.05. The Hall–Kier alpha value is -2.94. The maximum atomic E-state index is 12.3. The van der Waals surface area contributed by atoms with Crippen LogP contribution in [-0.4, -0.2) is 36.5 Å². The maximum absolute atomic E-state index is 12.3. The van der Waals surface area contributed by atoms with Gasteiger partial charge in [-0.05, 0) is 83.5 Å². The molecule has 2 aromatic carbocycles. The number of aryl methyl sites for hydroxylation is 2. The minimum absolute atomic E-state index is 0.0103. The van der Waals surface area contributed by atoms with E-state index < -0.39 is 34.5 Å². The lowest BCUT2D eigenvalue weighted by Crippen LogP contribution is -2.43. The monoisotopic (exact) mass is 595 g/mol. The van der Waals surface area contributed by atoms with Gasteiger partial charge in [0.25, 0.3) is 0 Å². The molecular formula is C22H22IN5O5S. The van der Waals surface area contributed by atoms with Crippen LogP contribution >= 0.6 is 22.6 Å². The second-order valence-electron chi connectivity index (χ2n) is 7.25. The number of anilines is 1. The van der Waals surface area contributed by atoms with Gasteiger partial charge in [-0.25, -0.2) is 23.2 Å². The summed E-state index contributed by atoms with van der Waals surface area (Å²) in [7, 11) is -3.92. The third-order valence-electron chi connectivity index (χ3n) is 4.61. The second-order valence-corrected chi connectivity index (χ2v) is 10.2. The van der Waals surface area contributed by atoms with E-state index >= 15 is 0 Å². The molecule has 0 aliphatic rings. The van der Waals surface area contributed by atoms with Crippen molar-refractivity contribution in [2.75, 3.05) is 5.73 Å². The van der Waals surface area contributed by atoms with Gasteiger partial charge in [-0.1, -0.05) is 12.1 Å². The number of ether oxygens (including phenoxy) is 1. The Labute approximate surface area is 210 Å². The lowest BCUT2D eigenvalue weighted by molar-refractivity contribution is -0.138. The van der Waals surface area contributed by atoms with Crippen LogP contribution in [-0.2, 0) is 32.4 Å². The molecule has 5 N–H and O–H groups in total. The third kappa shape index (κ3) is 7.55. The zero-order valence-corrected chi connectivity index (χ0v) is 20.8. The zero-order valence-electron chi connectivity index (χ0n) is 17.8. The van der Waals surface area contributed by atoms with E-state index in [2.05, 4.69) is 14.7 Å². The number of halogens is 1. The van der Waals surface area contributed by atoms with Crippen LogP contribution in [0.25, 0.3) is 0 Å². The molecule has 0 aliphatic heterocycles. The van der Waals surface area contributed by atoms with Gasteiger partial charge < -0.3 is 16.2 Å². The summed E-state index contributed by atoms with van der Waals surface area (Å²) in [5, 5.41) is 0. The number of nitrogens with one attached hydrogen (secondary N) is 1. The highest BCUT2D eigenvalue weighted by Crippen LogP contribution is 2.13. The topological polar surface area (TPSA) is 167 Å². The van der Waals surface area contributed by atoms with E-state index in [9.17, 15) is 18.0 Å². The van der Waals surface area contributed by atoms with E-state index in [1.165, 1.54) is 12.1 Å². The Bertz CT molecular complexity index is 1270. The number of hydrogen-bond donors (Lipinski definition) is 3. The Kier molecular flexibility index (Phi) is 8.66. The van der Waals surface area contributed by atoms with Gasteiger partial charge in [-0.15, -0.1) is 0 Å². The number of esters is 2. The Morgan fingerprint density at radius 2 is 1.71 bits per heavy atom. The Balaban J connectivity index is 1.49. The Morgan fingerprint density at radius 3 is 2.35 bits per heavy atom. The molecule has 10 nitrogen and oxygen atoms in total. The summed E-state index contributed by atoms with van der Waals surface area (Å²) in [4.78, 5) is 32.3. The number of nitrogen functional groups attached to an aromatic ring is 1. The highest BCUT2D eigenvalue weighted by molar-refractivity contribution is 14.1. The van der Waals surface area contributed by atoms with Crippen molar-refractivity contribution in [2.24, 2.45) is 5.73 Å². The summed E-state index contributed by atoms with van der Waals surface area (Å²) in [5.74, 6) is -1.59. The molecule has 178 valence electrons. The number of hydrogen-bond acceptors (Lipinski definition) is 9. The summed E-state index contributed by atoms with van der Waals surface area (Å²) < 4.78 is 32.6. The lowest BCUT2D eigenvalue weighted by Gasteiger charge is -2.13. The quantitative estimate of drug-likeness (QED) is 0.145. The number of rotatable bonds is 9. The van der Waals surface area contributed by atoms with Gasteiger partial charge in [0, 0.05) is 15.5 Å². The minimum Gasteiger partial charge on any atom is -0.389 e. The number of aromatic nitrogens is 2. The summed E-state index contributed by atoms with van der Waals surface area (Å²) in [6, 6.07) is 14.4. The smallest absolute Gasteiger partial charge is 0.345 e. The highest BCUT2D eigenvalue weighted by atomic mass is 127. The molecule has 12 heteroatoms. The van der Waals surface area contributed by atoms with Crippen LogP contribution in [0, 0.1) is 3.57 Å². The molecule has 34 heavy (non-hydrogen) atoms. The van der Waals surface area contributed by atoms with E-state index in [-0.39, 0.29) is 16.4 Å². The van der Waals surface area contributed by atoms with Crippen LogP contribution in [0.2, 0.25) is 0 Å². The largest absolute Gasteiger partial charge is 0.389 e. The van der Waals surface area contributed by atoms with E-state index in [1.807, 2.05) is 22.6 Å². The molecule has 3 rings (SSSR count). The van der Waals surface area contributed by atoms with E-state index in [0.717, 1.165) is 14.8 Å². The lowest BCUT2D eigenvalue weighted by atomic mass is 10.1. The third-order valence-corrected chi connectivity index (χ3v) is 6.84. The SMILES string of the molecule is Nc1nccc(CCc2ccc(C(=O)OC(=O)C[C@@H](N)NS(=O)(=O)c3ccc(I)cc3)cc2)n1. The molecule has 0 unspecified atom stereocenters. The highest BCUT2D eigenvalue weighted by Gasteiger charge is 2.22. The first-order chi connectivity index (χ1) is 16.1. The normalized spacial score (nSPS) is 12.2. The first kappa shape index (κ1) is 25.7. The van der Waals surface area contributed by atoms with Crippen LogP contribution in [0.5, 0.6) is 0 Å². The van der Waals surface area contributed by atoms with Gasteiger partial charge in [0.2, 0.25) is 16.0 Å². The van der Waals surface area contributed by atoms with Crippen molar-refractivity contribution < 1.29 is 22.7 Å². The fourth-order valence-corrected chi connectivity index (χ4v) is 4.41. The number of benzene rings is 2. The number of carbonyl (C=O) groups excluding carboxylic acids is 2. The number of nitrogens with two attached hydrogens (primary N) is 2. The number of nitrogens with zero attached hydrogens (tertiary/aromatic N) is 2. The standard InChI is InChI=1S/C22H22IN5O5S/c23-16-6-9-18(10-7-16)34(31,32)28-19(24)13-20(29)33-21(30)15-4-1-14(2-5-15)3-8-17-11-12-26-22(25)27-17/h1-2,4-7,9-12,19,28H,3,8,13,24H2,(H2,25,26,27)/t19-/m0/s1. The molecule has 0 spiro atoms. The first-order valence-electron chi connectivity index (χ1n) is 10.1. The van der Waals surface area contributed by atoms with Gasteiger partial charge in [0.05, 0.1) is 23.0 Å². The van der Waals surface area contributed by atoms with Crippen LogP contribution in [0.1, 0.15) is 28.0 Å². The van der Waals surface area contributed by atoms with Crippen molar-refractivity contribution in [2.45, 2.75) is 30.3 Å². The van der Waals surface area contributed by atoms with Gasteiger partial charge in [-0.2, -0.15) is 4.72 Å². The van der Waals surface area contributed by atoms with Crippen LogP contribution in [0.3, 0.4) is 0 Å². The number of carbonyl (C=O) groups is 2. The molecule has 1 atom stereocenters. The molecule has 0 fully saturated rings. The van der Waals surface area contributed by atoms with E-state index in [0.29, 0.717) is 12.8 Å². The van der Waals surface area contributed by atoms with E-state index in [4.69, 9.17) is 16.2 Å². The molecule has 1 heterocycles. The summed E-state index contributed by atoms with van der Waals surface area (Å²) in [5.41, 5.74) is 13.2. The molecule has 0 bridgehead atoms. The fourth-order valence-electron chi connectivity index (χ4n) is 2.94. The van der Waals surface area contributed by atoms with Crippen molar-refractivity contribution in [3.05, 3.63) is 81.2 Å². The van der Waals surface area contributed by atoms with Crippen LogP contribution in [0.4, 0.5) is 5.95 Å². The van der Waals surface area contributed by atoms with Gasteiger partial charge in [-0.3, -0.25) is 4.79 Å². The Morgan fingerprint density at radius 1 is 1.03 bits per heavy atom. The van der Waals surface area contributed by atoms with E-state index in [1.54, 1.807) is 48.7 Å². The predicted octanol–water partition coefficient (Wildman–Crippen LogP) is 1.79. The molecule has 0 aliphatic carbocycles. The molecular weight excluding hydrogens is 573 g/mol. The maximum Gasteiger partial charge on any atom is 0.345 e. The summed E-state index contributed by atoms with van der Waals surface area (Å²) in [6.45, 7) is 0. The van der Waals surface area contributed by atoms with Crippen molar-refractivity contribution in [3.63, 3.8) is 0 Å². The van der Waals surface area contributed by atoms with Gasteiger partial charge in [0.15, 0.2) is 0 Å². The average molecular weight is 595 g/mol. The second kappa shape index (κ2) is 11.5. The van der Waals surface area contributed by atoms with Crippen molar-refractivity contribution in [1.29, 1.82) is 0 Å². The molecule has 0 amide bonds. The van der Waals surface area contributed by atoms with Crippen LogP contribution in [0.15, 0.2) is 65.7 Å². The van der Waals surface area contributed by atoms with Crippen LogP contribution < -0.4 is 16.2 Å². The zero-order chi connectivity index (χ0) is 24.7. The molecule has 0 saturated carbocycles. The van der Waals surface area contributed by atoms with Gasteiger partial charge in [0.1, 0.15) is 0 Å². The molecule has 0 radical (unpaired) electrons. The molecule has 0 saturated heterocycles. The minimum atomic E-state index is -3.92. The molecule has 3 aromatic rings. The predicted molar refractivity (Wildman–Crippen MR) is 133 cm³/mol. The van der Waals surface area contributed by atoms with Crippen molar-refractivity contribution in [3.8, 4) is 0 Å². The number of sulfonamides is 1. The van der Waals surface area contributed by atoms with Crippen molar-refractivity contribution in [1.82, 2.24) is 14.7 Å². The average Bonchev–Trinajstić information content (AvgIpc) is 2.77. The van der Waals surface area contributed by atoms with Crippen molar-refractivity contribution >= 4 is 50.5 Å². The molecule has 1 aromatic heterocycles. The van der Waals surface area contributed by atoms with Gasteiger partial charge >= 0.3 is 11.9 Å². The summed E-state index contributed by atoms with van der Waals surface area (Å²) in [6.07, 6.45) is 1.12. The first-order valence-corrected chi connectivity index (χ1v) is 12.6.